The van der Waals surface area contributed by atoms with Gasteiger partial charge in [0.25, 0.3) is 0 Å². The lowest BCUT2D eigenvalue weighted by Crippen LogP contribution is -2.31. The maximum absolute atomic E-state index is 12.9. The minimum Gasteiger partial charge on any atom is -0.449 e. The lowest BCUT2D eigenvalue weighted by atomic mass is 9.87. The van der Waals surface area contributed by atoms with Crippen LogP contribution in [0, 0.1) is 0 Å². The van der Waals surface area contributed by atoms with Gasteiger partial charge in [-0.05, 0) is 66.0 Å². The van der Waals surface area contributed by atoms with Crippen molar-refractivity contribution in [2.45, 2.75) is 117 Å². The van der Waals surface area contributed by atoms with Crippen LogP contribution in [0.4, 0.5) is 10.5 Å². The number of amides is 1. The minimum absolute atomic E-state index is 0. The summed E-state index contributed by atoms with van der Waals surface area (Å²) >= 11 is 0. The molecular formula is C34H51BrN2O2. The molecule has 1 aliphatic rings. The van der Waals surface area contributed by atoms with Gasteiger partial charge in [0.2, 0.25) is 0 Å². The van der Waals surface area contributed by atoms with Crippen molar-refractivity contribution < 1.29 is 9.53 Å². The van der Waals surface area contributed by atoms with E-state index in [1.807, 2.05) is 19.1 Å². The summed E-state index contributed by atoms with van der Waals surface area (Å²) in [7, 11) is 0. The second-order valence-electron chi connectivity index (χ2n) is 11.7. The van der Waals surface area contributed by atoms with E-state index in [4.69, 9.17) is 9.73 Å². The smallest absolute Gasteiger partial charge is 0.414 e. The number of carbonyl (C=O) groups excluding carboxylic acids is 1. The zero-order valence-electron chi connectivity index (χ0n) is 25.1. The number of halogens is 1. The van der Waals surface area contributed by atoms with Crippen LogP contribution in [0.15, 0.2) is 47.5 Å². The first-order chi connectivity index (χ1) is 18.3. The van der Waals surface area contributed by atoms with Crippen LogP contribution >= 0.6 is 17.0 Å². The van der Waals surface area contributed by atoms with Crippen molar-refractivity contribution >= 4 is 34.5 Å². The van der Waals surface area contributed by atoms with E-state index in [0.717, 1.165) is 30.6 Å². The van der Waals surface area contributed by atoms with Gasteiger partial charge >= 0.3 is 6.09 Å². The summed E-state index contributed by atoms with van der Waals surface area (Å²) in [5.41, 5.74) is 7.23. The van der Waals surface area contributed by atoms with Crippen LogP contribution < -0.4 is 4.90 Å². The fraction of sp³-hybridized carbons (Fsp3) is 0.588. The van der Waals surface area contributed by atoms with E-state index in [0.29, 0.717) is 13.2 Å². The maximum Gasteiger partial charge on any atom is 0.414 e. The minimum atomic E-state index is -0.304. The normalized spacial score (nSPS) is 12.8. The Morgan fingerprint density at radius 3 is 2.15 bits per heavy atom. The molecule has 0 saturated carbocycles. The van der Waals surface area contributed by atoms with Gasteiger partial charge in [-0.1, -0.05) is 109 Å². The van der Waals surface area contributed by atoms with Crippen molar-refractivity contribution in [2.24, 2.45) is 4.99 Å². The largest absolute Gasteiger partial charge is 0.449 e. The highest BCUT2D eigenvalue weighted by atomic mass is 79.9. The average molecular weight is 600 g/mol. The van der Waals surface area contributed by atoms with Gasteiger partial charge in [-0.3, -0.25) is 9.89 Å². The molecule has 0 unspecified atom stereocenters. The number of aliphatic imine (C=N–C) groups is 1. The molecule has 0 fully saturated rings. The zero-order chi connectivity index (χ0) is 27.4. The third-order valence-electron chi connectivity index (χ3n) is 7.56. The first-order valence-corrected chi connectivity index (χ1v) is 15.0. The van der Waals surface area contributed by atoms with E-state index in [-0.39, 0.29) is 28.5 Å². The summed E-state index contributed by atoms with van der Waals surface area (Å²) in [5.74, 6) is 0. The first kappa shape index (κ1) is 33.1. The molecule has 39 heavy (non-hydrogen) atoms. The molecule has 0 saturated heterocycles. The van der Waals surface area contributed by atoms with Crippen LogP contribution in [0.5, 0.6) is 0 Å². The highest BCUT2D eigenvalue weighted by molar-refractivity contribution is 8.93. The van der Waals surface area contributed by atoms with Gasteiger partial charge in [-0.2, -0.15) is 0 Å². The number of anilines is 1. The molecule has 0 spiro atoms. The van der Waals surface area contributed by atoms with Crippen LogP contribution in [-0.2, 0) is 23.1 Å². The van der Waals surface area contributed by atoms with E-state index < -0.39 is 0 Å². The Bertz CT molecular complexity index is 1040. The van der Waals surface area contributed by atoms with Gasteiger partial charge in [-0.25, -0.2) is 4.79 Å². The molecular weight excluding hydrogens is 548 g/mol. The number of unbranched alkanes of at least 4 members (excludes halogenated alkanes) is 8. The SMILES string of the molecule is Br.CCCCCCCCCCCC1=NCCc2cc(CN(C(=O)OCC)c3ccc(C(C)(C)C)cc3)ccc21. The molecule has 0 aliphatic carbocycles. The van der Waals surface area contributed by atoms with Crippen molar-refractivity contribution in [1.82, 2.24) is 0 Å². The van der Waals surface area contributed by atoms with Crippen molar-refractivity contribution in [1.29, 1.82) is 0 Å². The fourth-order valence-corrected chi connectivity index (χ4v) is 5.23. The Morgan fingerprint density at radius 2 is 1.54 bits per heavy atom. The summed E-state index contributed by atoms with van der Waals surface area (Å²) in [6.45, 7) is 12.4. The van der Waals surface area contributed by atoms with Crippen LogP contribution in [-0.4, -0.2) is 25.0 Å². The Hall–Kier alpha value is -2.14. The number of carbonyl (C=O) groups is 1. The molecule has 2 aromatic carbocycles. The first-order valence-electron chi connectivity index (χ1n) is 15.0. The monoisotopic (exact) mass is 598 g/mol. The average Bonchev–Trinajstić information content (AvgIpc) is 2.90. The molecule has 0 N–H and O–H groups in total. The molecule has 2 aromatic rings. The molecule has 0 atom stereocenters. The van der Waals surface area contributed by atoms with E-state index in [1.54, 1.807) is 4.90 Å². The van der Waals surface area contributed by atoms with Crippen molar-refractivity contribution in [3.05, 3.63) is 64.7 Å². The quantitative estimate of drug-likeness (QED) is 0.203. The maximum atomic E-state index is 12.9. The van der Waals surface area contributed by atoms with Gasteiger partial charge in [0.1, 0.15) is 0 Å². The number of benzene rings is 2. The number of ether oxygens (including phenoxy) is 1. The Morgan fingerprint density at radius 1 is 0.897 bits per heavy atom. The number of hydrogen-bond donors (Lipinski definition) is 0. The van der Waals surface area contributed by atoms with E-state index in [1.165, 1.54) is 80.2 Å². The highest BCUT2D eigenvalue weighted by Gasteiger charge is 2.21. The van der Waals surface area contributed by atoms with E-state index >= 15 is 0 Å². The van der Waals surface area contributed by atoms with Gasteiger partial charge < -0.3 is 4.74 Å². The second-order valence-corrected chi connectivity index (χ2v) is 11.7. The van der Waals surface area contributed by atoms with Crippen molar-refractivity contribution in [3.8, 4) is 0 Å². The molecule has 0 bridgehead atoms. The summed E-state index contributed by atoms with van der Waals surface area (Å²) in [4.78, 5) is 19.6. The lowest BCUT2D eigenvalue weighted by molar-refractivity contribution is 0.159. The van der Waals surface area contributed by atoms with E-state index in [9.17, 15) is 4.79 Å². The third kappa shape index (κ3) is 10.4. The highest BCUT2D eigenvalue weighted by Crippen LogP contribution is 2.27. The number of fused-ring (bicyclic) bond motifs is 1. The van der Waals surface area contributed by atoms with Crippen molar-refractivity contribution in [2.75, 3.05) is 18.1 Å². The van der Waals surface area contributed by atoms with E-state index in [2.05, 4.69) is 58.0 Å². The van der Waals surface area contributed by atoms with Gasteiger partial charge in [0.05, 0.1) is 13.2 Å². The molecule has 5 heteroatoms. The number of rotatable bonds is 14. The predicted octanol–water partition coefficient (Wildman–Crippen LogP) is 9.99. The van der Waals surface area contributed by atoms with Crippen LogP contribution in [0.25, 0.3) is 0 Å². The number of nitrogens with zero attached hydrogens (tertiary/aromatic N) is 2. The van der Waals surface area contributed by atoms with Gasteiger partial charge in [0, 0.05) is 17.9 Å². The zero-order valence-corrected chi connectivity index (χ0v) is 26.8. The summed E-state index contributed by atoms with van der Waals surface area (Å²) in [6, 6.07) is 15.0. The second kappa shape index (κ2) is 16.8. The third-order valence-corrected chi connectivity index (χ3v) is 7.56. The lowest BCUT2D eigenvalue weighted by Gasteiger charge is -2.25. The standard InChI is InChI=1S/C34H50N2O2.BrH/c1-6-8-9-10-11-12-13-14-15-16-32-31-22-17-27(25-28(31)23-24-35-32)26-36(33(37)38-7-2)30-20-18-29(19-21-30)34(3,4)5;/h17-22,25H,6-16,23-24,26H2,1-5H3;1H. The topological polar surface area (TPSA) is 41.9 Å². The molecule has 216 valence electrons. The Balaban J connectivity index is 0.00000533. The summed E-state index contributed by atoms with van der Waals surface area (Å²) in [6.07, 6.45) is 13.8. The van der Waals surface area contributed by atoms with Crippen LogP contribution in [0.3, 0.4) is 0 Å². The fourth-order valence-electron chi connectivity index (χ4n) is 5.23. The Kier molecular flexibility index (Phi) is 14.3. The Labute approximate surface area is 248 Å². The predicted molar refractivity (Wildman–Crippen MR) is 172 cm³/mol. The molecule has 3 rings (SSSR count). The van der Waals surface area contributed by atoms with Crippen LogP contribution in [0.2, 0.25) is 0 Å². The van der Waals surface area contributed by atoms with Crippen molar-refractivity contribution in [3.63, 3.8) is 0 Å². The van der Waals surface area contributed by atoms with Gasteiger partial charge in [0.15, 0.2) is 0 Å². The molecule has 1 heterocycles. The molecule has 1 amide bonds. The molecule has 0 radical (unpaired) electrons. The molecule has 4 nitrogen and oxygen atoms in total. The summed E-state index contributed by atoms with van der Waals surface area (Å²) < 4.78 is 5.42. The number of hydrogen-bond acceptors (Lipinski definition) is 3. The summed E-state index contributed by atoms with van der Waals surface area (Å²) in [5, 5.41) is 0. The van der Waals surface area contributed by atoms with Gasteiger partial charge in [-0.15, -0.1) is 17.0 Å². The molecule has 1 aliphatic heterocycles. The van der Waals surface area contributed by atoms with Crippen LogP contribution in [0.1, 0.15) is 121 Å². The molecule has 0 aromatic heterocycles.